The smallest absolute Gasteiger partial charge is 0.305 e. The van der Waals surface area contributed by atoms with Crippen LogP contribution in [0.25, 0.3) is 16.9 Å². The molecule has 0 bridgehead atoms. The first kappa shape index (κ1) is 19.9. The van der Waals surface area contributed by atoms with Crippen LogP contribution in [0.2, 0.25) is 0 Å². The number of methoxy groups -OCH3 is 2. The topological polar surface area (TPSA) is 66.2 Å². The maximum Gasteiger partial charge on any atom is 0.305 e. The second kappa shape index (κ2) is 8.42. The molecule has 2 aromatic heterocycles. The predicted octanol–water partition coefficient (Wildman–Crippen LogP) is 4.10. The van der Waals surface area contributed by atoms with E-state index in [0.29, 0.717) is 6.42 Å². The summed E-state index contributed by atoms with van der Waals surface area (Å²) >= 11 is 0. The van der Waals surface area contributed by atoms with Crippen LogP contribution in [0, 0.1) is 13.8 Å². The highest BCUT2D eigenvalue weighted by atomic mass is 16.5. The molecule has 0 radical (unpaired) electrons. The highest BCUT2D eigenvalue weighted by molar-refractivity contribution is 5.78. The summed E-state index contributed by atoms with van der Waals surface area (Å²) in [5.41, 5.74) is 5.95. The van der Waals surface area contributed by atoms with Gasteiger partial charge >= 0.3 is 5.97 Å². The maximum atomic E-state index is 11.3. The van der Waals surface area contributed by atoms with Gasteiger partial charge in [-0.05, 0) is 49.9 Å². The second-order valence-electron chi connectivity index (χ2n) is 6.90. The van der Waals surface area contributed by atoms with Crippen molar-refractivity contribution in [2.75, 3.05) is 14.2 Å². The number of imidazole rings is 1. The number of ether oxygens (including phenoxy) is 2. The Morgan fingerprint density at radius 2 is 1.93 bits per heavy atom. The number of fused-ring (bicyclic) bond motifs is 1. The van der Waals surface area contributed by atoms with Gasteiger partial charge in [-0.2, -0.15) is 0 Å². The van der Waals surface area contributed by atoms with Crippen molar-refractivity contribution >= 4 is 17.1 Å². The summed E-state index contributed by atoms with van der Waals surface area (Å²) in [7, 11) is 3.08. The first-order valence-corrected chi connectivity index (χ1v) is 9.58. The zero-order chi connectivity index (χ0) is 20.3. The fourth-order valence-electron chi connectivity index (χ4n) is 3.52. The molecule has 0 amide bonds. The molecule has 0 saturated carbocycles. The molecule has 3 aromatic rings. The van der Waals surface area contributed by atoms with Gasteiger partial charge in [-0.25, -0.2) is 9.97 Å². The van der Waals surface area contributed by atoms with Crippen LogP contribution >= 0.6 is 0 Å². The van der Waals surface area contributed by atoms with E-state index in [2.05, 4.69) is 36.6 Å². The number of hydrogen-bond acceptors (Lipinski definition) is 5. The Bertz CT molecular complexity index is 1010. The van der Waals surface area contributed by atoms with E-state index in [1.807, 2.05) is 13.0 Å². The molecule has 28 heavy (non-hydrogen) atoms. The molecule has 6 nitrogen and oxygen atoms in total. The molecular weight excluding hydrogens is 354 g/mol. The third kappa shape index (κ3) is 3.86. The quantitative estimate of drug-likeness (QED) is 0.576. The number of benzene rings is 1. The zero-order valence-electron chi connectivity index (χ0n) is 17.2. The molecule has 0 fully saturated rings. The van der Waals surface area contributed by atoms with Gasteiger partial charge in [0, 0.05) is 24.6 Å². The van der Waals surface area contributed by atoms with E-state index >= 15 is 0 Å². The van der Waals surface area contributed by atoms with E-state index in [1.54, 1.807) is 7.11 Å². The molecular formula is C22H27N3O3. The van der Waals surface area contributed by atoms with E-state index in [0.717, 1.165) is 64.5 Å². The average Bonchev–Trinajstić information content (AvgIpc) is 3.06. The fourth-order valence-corrected chi connectivity index (χ4v) is 3.52. The van der Waals surface area contributed by atoms with Crippen molar-refractivity contribution in [2.24, 2.45) is 0 Å². The largest absolute Gasteiger partial charge is 0.496 e. The lowest BCUT2D eigenvalue weighted by Gasteiger charge is -2.13. The summed E-state index contributed by atoms with van der Waals surface area (Å²) in [5.74, 6) is 1.58. The highest BCUT2D eigenvalue weighted by Crippen LogP contribution is 2.28. The van der Waals surface area contributed by atoms with Crippen LogP contribution in [0.4, 0.5) is 0 Å². The number of aryl methyl sites for hydroxylation is 4. The van der Waals surface area contributed by atoms with Gasteiger partial charge in [0.1, 0.15) is 17.1 Å². The first-order chi connectivity index (χ1) is 13.5. The van der Waals surface area contributed by atoms with Crippen LogP contribution in [0.15, 0.2) is 24.3 Å². The van der Waals surface area contributed by atoms with Crippen LogP contribution in [-0.4, -0.2) is 34.7 Å². The van der Waals surface area contributed by atoms with Crippen LogP contribution < -0.4 is 4.74 Å². The Labute approximate surface area is 165 Å². The predicted molar refractivity (Wildman–Crippen MR) is 109 cm³/mol. The number of carbonyl (C=O) groups is 1. The number of hydrogen-bond donors (Lipinski definition) is 0. The van der Waals surface area contributed by atoms with Crippen molar-refractivity contribution in [3.05, 3.63) is 46.9 Å². The van der Waals surface area contributed by atoms with Gasteiger partial charge in [-0.15, -0.1) is 0 Å². The van der Waals surface area contributed by atoms with Gasteiger partial charge in [-0.1, -0.05) is 13.0 Å². The summed E-state index contributed by atoms with van der Waals surface area (Å²) in [6.45, 7) is 6.16. The number of rotatable bonds is 7. The van der Waals surface area contributed by atoms with E-state index in [4.69, 9.17) is 19.4 Å². The normalized spacial score (nSPS) is 11.0. The number of aromatic nitrogens is 3. The van der Waals surface area contributed by atoms with Crippen LogP contribution in [-0.2, 0) is 22.4 Å². The number of carbonyl (C=O) groups excluding carboxylic acids is 1. The molecule has 0 aliphatic heterocycles. The molecule has 0 saturated heterocycles. The Morgan fingerprint density at radius 1 is 1.14 bits per heavy atom. The van der Waals surface area contributed by atoms with Gasteiger partial charge in [0.25, 0.3) is 0 Å². The molecule has 1 aromatic carbocycles. The molecule has 0 N–H and O–H groups in total. The van der Waals surface area contributed by atoms with Crippen LogP contribution in [0.1, 0.15) is 42.4 Å². The minimum atomic E-state index is -0.190. The van der Waals surface area contributed by atoms with Gasteiger partial charge in [-0.3, -0.25) is 9.36 Å². The third-order valence-electron chi connectivity index (χ3n) is 4.90. The van der Waals surface area contributed by atoms with Crippen molar-refractivity contribution in [1.82, 2.24) is 14.5 Å². The molecule has 6 heteroatoms. The minimum absolute atomic E-state index is 0.190. The summed E-state index contributed by atoms with van der Waals surface area (Å²) in [5, 5.41) is 0. The number of nitrogens with zero attached hydrogens (tertiary/aromatic N) is 3. The van der Waals surface area contributed by atoms with Gasteiger partial charge < -0.3 is 9.47 Å². The van der Waals surface area contributed by atoms with Crippen molar-refractivity contribution in [3.63, 3.8) is 0 Å². The van der Waals surface area contributed by atoms with Gasteiger partial charge in [0.05, 0.1) is 19.9 Å². The summed E-state index contributed by atoms with van der Waals surface area (Å²) < 4.78 is 12.4. The Hall–Kier alpha value is -2.89. The zero-order valence-corrected chi connectivity index (χ0v) is 17.2. The molecule has 2 heterocycles. The molecule has 3 rings (SSSR count). The molecule has 0 aliphatic rings. The second-order valence-corrected chi connectivity index (χ2v) is 6.90. The van der Waals surface area contributed by atoms with Crippen molar-refractivity contribution in [3.8, 4) is 11.4 Å². The van der Waals surface area contributed by atoms with Crippen molar-refractivity contribution < 1.29 is 14.3 Å². The Morgan fingerprint density at radius 3 is 2.61 bits per heavy atom. The van der Waals surface area contributed by atoms with Gasteiger partial charge in [0.15, 0.2) is 5.65 Å². The molecule has 0 aliphatic carbocycles. The first-order valence-electron chi connectivity index (χ1n) is 9.58. The Kier molecular flexibility index (Phi) is 5.97. The number of pyridine rings is 1. The van der Waals surface area contributed by atoms with E-state index in [9.17, 15) is 4.79 Å². The molecule has 0 unspecified atom stereocenters. The minimum Gasteiger partial charge on any atom is -0.496 e. The standard InChI is InChI=1S/C22H27N3O3/c1-6-19-24-21-14(2)12-15(3)23-22(21)25(19)17-11-10-16(18(13-17)27-4)8-7-9-20(26)28-5/h10-13H,6-9H2,1-5H3. The average molecular weight is 381 g/mol. The van der Waals surface area contributed by atoms with Crippen LogP contribution in [0.5, 0.6) is 5.75 Å². The molecule has 0 spiro atoms. The summed E-state index contributed by atoms with van der Waals surface area (Å²) in [6.07, 6.45) is 2.67. The lowest BCUT2D eigenvalue weighted by molar-refractivity contribution is -0.140. The fraction of sp³-hybridized carbons (Fsp3) is 0.409. The lowest BCUT2D eigenvalue weighted by atomic mass is 10.1. The van der Waals surface area contributed by atoms with Crippen molar-refractivity contribution in [2.45, 2.75) is 46.5 Å². The highest BCUT2D eigenvalue weighted by Gasteiger charge is 2.16. The Balaban J connectivity index is 2.01. The van der Waals surface area contributed by atoms with E-state index in [1.165, 1.54) is 7.11 Å². The molecule has 0 atom stereocenters. The SMILES string of the molecule is CCc1nc2c(C)cc(C)nc2n1-c1ccc(CCCC(=O)OC)c(OC)c1. The number of esters is 1. The van der Waals surface area contributed by atoms with Gasteiger partial charge in [0.2, 0.25) is 0 Å². The lowest BCUT2D eigenvalue weighted by Crippen LogP contribution is -2.04. The maximum absolute atomic E-state index is 11.3. The monoisotopic (exact) mass is 381 g/mol. The van der Waals surface area contributed by atoms with E-state index < -0.39 is 0 Å². The third-order valence-corrected chi connectivity index (χ3v) is 4.90. The summed E-state index contributed by atoms with van der Waals surface area (Å²) in [6, 6.07) is 8.20. The summed E-state index contributed by atoms with van der Waals surface area (Å²) in [4.78, 5) is 20.9. The van der Waals surface area contributed by atoms with Crippen molar-refractivity contribution in [1.29, 1.82) is 0 Å². The van der Waals surface area contributed by atoms with E-state index in [-0.39, 0.29) is 5.97 Å². The molecule has 148 valence electrons. The van der Waals surface area contributed by atoms with Crippen LogP contribution in [0.3, 0.4) is 0 Å².